The number of hydrogen-bond acceptors (Lipinski definition) is 3. The van der Waals surface area contributed by atoms with E-state index in [0.717, 1.165) is 29.8 Å². The van der Waals surface area contributed by atoms with Crippen LogP contribution in [0.25, 0.3) is 0 Å². The minimum Gasteiger partial charge on any atom is -0.491 e. The molecule has 1 aliphatic rings. The maximum atomic E-state index is 12.6. The first-order chi connectivity index (χ1) is 11.4. The van der Waals surface area contributed by atoms with Gasteiger partial charge in [0.1, 0.15) is 5.75 Å². The Morgan fingerprint density at radius 3 is 2.50 bits per heavy atom. The zero-order valence-electron chi connectivity index (χ0n) is 14.7. The van der Waals surface area contributed by atoms with E-state index in [-0.39, 0.29) is 18.1 Å². The van der Waals surface area contributed by atoms with Crippen LogP contribution in [-0.4, -0.2) is 21.8 Å². The summed E-state index contributed by atoms with van der Waals surface area (Å²) in [6.07, 6.45) is 4.23. The number of aromatic nitrogens is 2. The molecule has 1 unspecified atom stereocenters. The smallest absolute Gasteiger partial charge is 0.255 e. The molecule has 0 bridgehead atoms. The third-order valence-corrected chi connectivity index (χ3v) is 4.17. The van der Waals surface area contributed by atoms with Crippen LogP contribution in [0.15, 0.2) is 30.5 Å². The van der Waals surface area contributed by atoms with Gasteiger partial charge in [-0.3, -0.25) is 9.48 Å². The van der Waals surface area contributed by atoms with E-state index in [1.807, 2.05) is 58.3 Å². The molecule has 0 saturated heterocycles. The summed E-state index contributed by atoms with van der Waals surface area (Å²) >= 11 is 0. The Morgan fingerprint density at radius 2 is 1.92 bits per heavy atom. The molecule has 3 rings (SSSR count). The summed E-state index contributed by atoms with van der Waals surface area (Å²) in [5.41, 5.74) is 2.69. The SMILES string of the molecule is CC(C)Oc1ccc(C(C)NC(=O)c2cn(C)nc2C2CC2)cc1. The Morgan fingerprint density at radius 1 is 1.25 bits per heavy atom. The van der Waals surface area contributed by atoms with Gasteiger partial charge in [-0.25, -0.2) is 0 Å². The van der Waals surface area contributed by atoms with Gasteiger partial charge in [-0.15, -0.1) is 0 Å². The fourth-order valence-electron chi connectivity index (χ4n) is 2.80. The Bertz CT molecular complexity index is 715. The van der Waals surface area contributed by atoms with Crippen molar-refractivity contribution in [2.75, 3.05) is 0 Å². The van der Waals surface area contributed by atoms with Gasteiger partial charge in [0.2, 0.25) is 0 Å². The molecule has 1 aliphatic carbocycles. The summed E-state index contributed by atoms with van der Waals surface area (Å²) in [4.78, 5) is 12.6. The van der Waals surface area contributed by atoms with Crippen molar-refractivity contribution in [1.82, 2.24) is 15.1 Å². The average Bonchev–Trinajstić information content (AvgIpc) is 3.29. The topological polar surface area (TPSA) is 56.1 Å². The molecule has 2 aromatic rings. The van der Waals surface area contributed by atoms with Crippen molar-refractivity contribution in [3.05, 3.63) is 47.3 Å². The van der Waals surface area contributed by atoms with Crippen molar-refractivity contribution >= 4 is 5.91 Å². The van der Waals surface area contributed by atoms with Gasteiger partial charge in [0.25, 0.3) is 5.91 Å². The van der Waals surface area contributed by atoms with E-state index in [2.05, 4.69) is 10.4 Å². The van der Waals surface area contributed by atoms with Gasteiger partial charge in [0.15, 0.2) is 0 Å². The highest BCUT2D eigenvalue weighted by Gasteiger charge is 2.31. The summed E-state index contributed by atoms with van der Waals surface area (Å²) in [7, 11) is 1.86. The molecule has 0 aliphatic heterocycles. The molecule has 1 atom stereocenters. The maximum Gasteiger partial charge on any atom is 0.255 e. The Labute approximate surface area is 143 Å². The van der Waals surface area contributed by atoms with E-state index in [4.69, 9.17) is 4.74 Å². The fraction of sp³-hybridized carbons (Fsp3) is 0.474. The van der Waals surface area contributed by atoms with Crippen LogP contribution in [-0.2, 0) is 7.05 Å². The van der Waals surface area contributed by atoms with E-state index >= 15 is 0 Å². The molecular weight excluding hydrogens is 302 g/mol. The largest absolute Gasteiger partial charge is 0.491 e. The van der Waals surface area contributed by atoms with Crippen molar-refractivity contribution in [2.45, 2.75) is 51.7 Å². The zero-order chi connectivity index (χ0) is 17.3. The quantitative estimate of drug-likeness (QED) is 0.882. The number of rotatable bonds is 6. The highest BCUT2D eigenvalue weighted by Crippen LogP contribution is 2.40. The minimum absolute atomic E-state index is 0.0555. The van der Waals surface area contributed by atoms with Crippen molar-refractivity contribution in [1.29, 1.82) is 0 Å². The molecule has 24 heavy (non-hydrogen) atoms. The molecule has 5 nitrogen and oxygen atoms in total. The molecule has 5 heteroatoms. The first-order valence-corrected chi connectivity index (χ1v) is 8.55. The predicted molar refractivity (Wildman–Crippen MR) is 93.3 cm³/mol. The summed E-state index contributed by atoms with van der Waals surface area (Å²) in [5.74, 6) is 1.24. The lowest BCUT2D eigenvalue weighted by molar-refractivity contribution is 0.0939. The molecule has 128 valence electrons. The molecular formula is C19H25N3O2. The fourth-order valence-corrected chi connectivity index (χ4v) is 2.80. The zero-order valence-corrected chi connectivity index (χ0v) is 14.7. The predicted octanol–water partition coefficient (Wildman–Crippen LogP) is 3.58. The minimum atomic E-state index is -0.0714. The van der Waals surface area contributed by atoms with Crippen LogP contribution in [0.4, 0.5) is 0 Å². The molecule has 0 spiro atoms. The molecule has 1 aromatic heterocycles. The van der Waals surface area contributed by atoms with Crippen molar-refractivity contribution in [3.63, 3.8) is 0 Å². The van der Waals surface area contributed by atoms with E-state index in [9.17, 15) is 4.79 Å². The Kier molecular flexibility index (Phi) is 4.60. The van der Waals surface area contributed by atoms with Crippen molar-refractivity contribution in [3.8, 4) is 5.75 Å². The highest BCUT2D eigenvalue weighted by atomic mass is 16.5. The molecule has 0 radical (unpaired) electrons. The first kappa shape index (κ1) is 16.6. The van der Waals surface area contributed by atoms with Gasteiger partial charge in [-0.05, 0) is 51.3 Å². The second-order valence-electron chi connectivity index (χ2n) is 6.81. The van der Waals surface area contributed by atoms with Crippen LogP contribution in [0, 0.1) is 0 Å². The van der Waals surface area contributed by atoms with Crippen LogP contribution in [0.1, 0.15) is 67.2 Å². The van der Waals surface area contributed by atoms with Gasteiger partial charge in [0.05, 0.1) is 23.4 Å². The number of carbonyl (C=O) groups excluding carboxylic acids is 1. The van der Waals surface area contributed by atoms with Crippen molar-refractivity contribution in [2.24, 2.45) is 7.05 Å². The Hall–Kier alpha value is -2.30. The number of carbonyl (C=O) groups is 1. The normalized spacial score (nSPS) is 15.4. The van der Waals surface area contributed by atoms with E-state index < -0.39 is 0 Å². The van der Waals surface area contributed by atoms with Gasteiger partial charge >= 0.3 is 0 Å². The number of hydrogen-bond donors (Lipinski definition) is 1. The lowest BCUT2D eigenvalue weighted by Crippen LogP contribution is -2.27. The second-order valence-corrected chi connectivity index (χ2v) is 6.81. The molecule has 1 N–H and O–H groups in total. The maximum absolute atomic E-state index is 12.6. The second kappa shape index (κ2) is 6.67. The number of benzene rings is 1. The number of nitrogens with zero attached hydrogens (tertiary/aromatic N) is 2. The van der Waals surface area contributed by atoms with Gasteiger partial charge < -0.3 is 10.1 Å². The Balaban J connectivity index is 1.68. The number of ether oxygens (including phenoxy) is 1. The van der Waals surface area contributed by atoms with E-state index in [1.54, 1.807) is 4.68 Å². The highest BCUT2D eigenvalue weighted by molar-refractivity contribution is 5.95. The van der Waals surface area contributed by atoms with Gasteiger partial charge in [0, 0.05) is 19.2 Å². The average molecular weight is 327 g/mol. The van der Waals surface area contributed by atoms with E-state index in [1.165, 1.54) is 0 Å². The number of aryl methyl sites for hydroxylation is 1. The standard InChI is InChI=1S/C19H25N3O2/c1-12(2)24-16-9-7-14(8-10-16)13(3)20-19(23)17-11-22(4)21-18(17)15-5-6-15/h7-13,15H,5-6H2,1-4H3,(H,20,23). The summed E-state index contributed by atoms with van der Waals surface area (Å²) in [6.45, 7) is 5.99. The monoisotopic (exact) mass is 327 g/mol. The summed E-state index contributed by atoms with van der Waals surface area (Å²) in [5, 5.41) is 7.53. The number of amides is 1. The van der Waals surface area contributed by atoms with Gasteiger partial charge in [-0.2, -0.15) is 5.10 Å². The van der Waals surface area contributed by atoms with Crippen LogP contribution >= 0.6 is 0 Å². The summed E-state index contributed by atoms with van der Waals surface area (Å²) < 4.78 is 7.38. The van der Waals surface area contributed by atoms with Gasteiger partial charge in [-0.1, -0.05) is 12.1 Å². The number of nitrogens with one attached hydrogen (secondary N) is 1. The lowest BCUT2D eigenvalue weighted by Gasteiger charge is -2.15. The molecule has 1 heterocycles. The molecule has 1 amide bonds. The third kappa shape index (κ3) is 3.78. The van der Waals surface area contributed by atoms with Crippen LogP contribution in [0.5, 0.6) is 5.75 Å². The van der Waals surface area contributed by atoms with Crippen LogP contribution in [0.2, 0.25) is 0 Å². The van der Waals surface area contributed by atoms with Crippen molar-refractivity contribution < 1.29 is 9.53 Å². The van der Waals surface area contributed by atoms with Crippen LogP contribution < -0.4 is 10.1 Å². The summed E-state index contributed by atoms with van der Waals surface area (Å²) in [6, 6.07) is 7.80. The first-order valence-electron chi connectivity index (χ1n) is 8.55. The molecule has 1 fully saturated rings. The molecule has 1 saturated carbocycles. The van der Waals surface area contributed by atoms with Crippen LogP contribution in [0.3, 0.4) is 0 Å². The lowest BCUT2D eigenvalue weighted by atomic mass is 10.1. The van der Waals surface area contributed by atoms with E-state index in [0.29, 0.717) is 11.5 Å². The third-order valence-electron chi connectivity index (χ3n) is 4.17. The molecule has 1 aromatic carbocycles.